The third kappa shape index (κ3) is 4.98. The number of amidine groups is 1. The maximum Gasteiger partial charge on any atom is 0.416 e. The van der Waals surface area contributed by atoms with Crippen LogP contribution in [0.15, 0.2) is 45.8 Å². The molecule has 0 aliphatic carbocycles. The minimum Gasteiger partial charge on any atom is -0.409 e. The van der Waals surface area contributed by atoms with Gasteiger partial charge in [-0.2, -0.15) is 21.6 Å². The average Bonchev–Trinajstić information content (AvgIpc) is 3.33. The Morgan fingerprint density at radius 2 is 2.00 bits per heavy atom. The van der Waals surface area contributed by atoms with Crippen LogP contribution >= 0.6 is 0 Å². The van der Waals surface area contributed by atoms with Gasteiger partial charge in [0.2, 0.25) is 11.7 Å². The molecule has 5 N–H and O–H groups in total. The summed E-state index contributed by atoms with van der Waals surface area (Å²) in [6.07, 6.45) is -2.65. The molecule has 3 rings (SSSR count). The van der Waals surface area contributed by atoms with Gasteiger partial charge in [0.1, 0.15) is 0 Å². The molecule has 30 heavy (non-hydrogen) atoms. The lowest BCUT2D eigenvalue weighted by Crippen LogP contribution is -2.30. The second kappa shape index (κ2) is 8.19. The number of aromatic nitrogens is 2. The molecule has 0 unspecified atom stereocenters. The quantitative estimate of drug-likeness (QED) is 0.225. The molecule has 1 aromatic carbocycles. The first kappa shape index (κ1) is 21.4. The van der Waals surface area contributed by atoms with Gasteiger partial charge in [-0.15, -0.1) is 0 Å². The van der Waals surface area contributed by atoms with Crippen LogP contribution in [0.1, 0.15) is 17.7 Å². The number of rotatable bonds is 6. The van der Waals surface area contributed by atoms with Gasteiger partial charge >= 0.3 is 6.18 Å². The summed E-state index contributed by atoms with van der Waals surface area (Å²) in [5.41, 5.74) is 0.0295. The zero-order valence-electron chi connectivity index (χ0n) is 15.1. The van der Waals surface area contributed by atoms with E-state index in [2.05, 4.69) is 30.7 Å². The fraction of sp³-hybridized carbons (Fsp3) is 0.267. The van der Waals surface area contributed by atoms with Gasteiger partial charge in [-0.3, -0.25) is 4.31 Å². The minimum atomic E-state index is -4.48. The molecule has 0 amide bonds. The maximum absolute atomic E-state index is 12.7. The highest BCUT2D eigenvalue weighted by atomic mass is 32.2. The van der Waals surface area contributed by atoms with Crippen molar-refractivity contribution < 1.29 is 31.4 Å². The van der Waals surface area contributed by atoms with Gasteiger partial charge in [0.15, 0.2) is 5.69 Å². The van der Waals surface area contributed by atoms with Crippen molar-refractivity contribution in [3.8, 4) is 0 Å². The molecule has 162 valence electrons. The molecule has 0 bridgehead atoms. The summed E-state index contributed by atoms with van der Waals surface area (Å²) in [5.74, 6) is -0.165. The number of nitrogens with zero attached hydrogens (tertiary/aromatic N) is 4. The van der Waals surface area contributed by atoms with Crippen molar-refractivity contribution >= 4 is 27.6 Å². The summed E-state index contributed by atoms with van der Waals surface area (Å²) in [5, 5.41) is 30.1. The van der Waals surface area contributed by atoms with Crippen LogP contribution in [-0.4, -0.2) is 47.2 Å². The number of benzene rings is 1. The average molecular weight is 447 g/mol. The van der Waals surface area contributed by atoms with E-state index in [0.717, 1.165) is 28.6 Å². The molecule has 15 heteroatoms. The third-order valence-corrected chi connectivity index (χ3v) is 5.02. The molecular formula is C15H16F3N7O4S. The first-order chi connectivity index (χ1) is 14.1. The number of anilines is 2. The topological polar surface area (TPSA) is 159 Å². The molecule has 0 atom stereocenters. The third-order valence-electron chi connectivity index (χ3n) is 4.08. The van der Waals surface area contributed by atoms with E-state index >= 15 is 0 Å². The summed E-state index contributed by atoms with van der Waals surface area (Å²) in [7, 11) is -3.83. The van der Waals surface area contributed by atoms with Crippen LogP contribution in [0.2, 0.25) is 0 Å². The predicted molar refractivity (Wildman–Crippen MR) is 98.7 cm³/mol. The van der Waals surface area contributed by atoms with Crippen molar-refractivity contribution in [2.75, 3.05) is 23.7 Å². The number of nitrogens with two attached hydrogens (primary N) is 1. The zero-order valence-corrected chi connectivity index (χ0v) is 15.9. The summed E-state index contributed by atoms with van der Waals surface area (Å²) in [6.45, 7) is 0.380. The van der Waals surface area contributed by atoms with Crippen LogP contribution < -0.4 is 15.8 Å². The van der Waals surface area contributed by atoms with Gasteiger partial charge in [-0.05, 0) is 46.6 Å². The highest BCUT2D eigenvalue weighted by Crippen LogP contribution is 2.30. The molecular weight excluding hydrogens is 431 g/mol. The lowest BCUT2D eigenvalue weighted by atomic mass is 10.2. The summed E-state index contributed by atoms with van der Waals surface area (Å²) < 4.78 is 66.3. The van der Waals surface area contributed by atoms with Gasteiger partial charge < -0.3 is 15.8 Å². The second-order valence-corrected chi connectivity index (χ2v) is 7.66. The Balaban J connectivity index is 1.69. The van der Waals surface area contributed by atoms with E-state index in [1.807, 2.05) is 0 Å². The molecule has 0 fully saturated rings. The number of oxime groups is 1. The second-order valence-electron chi connectivity index (χ2n) is 6.16. The zero-order chi connectivity index (χ0) is 21.9. The van der Waals surface area contributed by atoms with Crippen molar-refractivity contribution in [3.05, 3.63) is 47.3 Å². The molecule has 1 aromatic heterocycles. The van der Waals surface area contributed by atoms with Crippen LogP contribution in [-0.2, 0) is 16.4 Å². The number of alkyl halides is 3. The standard InChI is InChI=1S/C15H16F3N7O4S/c16-15(17,18)10-1-3-11(4-2-10)21-14(22-26)12-13(24-29-23-12)20-7-9-5-6-25(8-9)30(19,27)28/h1-4,8,26H,5-7H2,(H,20,24)(H,21,22)(H2,19,27,28). The van der Waals surface area contributed by atoms with Crippen molar-refractivity contribution in [1.82, 2.24) is 14.6 Å². The fourth-order valence-electron chi connectivity index (χ4n) is 2.59. The van der Waals surface area contributed by atoms with Gasteiger partial charge in [0, 0.05) is 25.0 Å². The van der Waals surface area contributed by atoms with Gasteiger partial charge in [0.05, 0.1) is 5.56 Å². The summed E-state index contributed by atoms with van der Waals surface area (Å²) in [6, 6.07) is 4.03. The Bertz CT molecular complexity index is 1060. The van der Waals surface area contributed by atoms with Crippen molar-refractivity contribution in [2.45, 2.75) is 12.6 Å². The maximum atomic E-state index is 12.7. The number of hydrogen-bond acceptors (Lipinski definition) is 8. The lowest BCUT2D eigenvalue weighted by molar-refractivity contribution is -0.137. The van der Waals surface area contributed by atoms with Gasteiger partial charge in [-0.1, -0.05) is 5.16 Å². The van der Waals surface area contributed by atoms with Gasteiger partial charge in [0.25, 0.3) is 10.2 Å². The highest BCUT2D eigenvalue weighted by Gasteiger charge is 2.30. The largest absolute Gasteiger partial charge is 0.416 e. The van der Waals surface area contributed by atoms with Crippen LogP contribution in [0.3, 0.4) is 0 Å². The molecule has 2 heterocycles. The lowest BCUT2D eigenvalue weighted by Gasteiger charge is -2.10. The SMILES string of the molecule is NS(=O)(=O)N1C=C(CNc2nonc2/C(=N/O)Nc2ccc(C(F)(F)F)cc2)CC1. The van der Waals surface area contributed by atoms with E-state index in [4.69, 9.17) is 5.14 Å². The fourth-order valence-corrected chi connectivity index (χ4v) is 3.23. The Hall–Kier alpha value is -3.33. The molecule has 11 nitrogen and oxygen atoms in total. The van der Waals surface area contributed by atoms with Crippen LogP contribution in [0.4, 0.5) is 24.7 Å². The van der Waals surface area contributed by atoms with E-state index in [0.29, 0.717) is 12.0 Å². The molecule has 0 spiro atoms. The van der Waals surface area contributed by atoms with E-state index in [1.54, 1.807) is 0 Å². The van der Waals surface area contributed by atoms with Crippen molar-refractivity contribution in [1.29, 1.82) is 0 Å². The van der Waals surface area contributed by atoms with Crippen molar-refractivity contribution in [2.24, 2.45) is 10.3 Å². The van der Waals surface area contributed by atoms with Gasteiger partial charge in [-0.25, -0.2) is 9.77 Å². The molecule has 1 aliphatic heterocycles. The smallest absolute Gasteiger partial charge is 0.409 e. The summed E-state index contributed by atoms with van der Waals surface area (Å²) >= 11 is 0. The monoisotopic (exact) mass is 447 g/mol. The van der Waals surface area contributed by atoms with Crippen LogP contribution in [0, 0.1) is 0 Å². The number of halogens is 3. The van der Waals surface area contributed by atoms with E-state index in [1.165, 1.54) is 6.20 Å². The predicted octanol–water partition coefficient (Wildman–Crippen LogP) is 1.54. The number of nitrogens with one attached hydrogen (secondary N) is 2. The van der Waals surface area contributed by atoms with E-state index in [-0.39, 0.29) is 36.1 Å². The Morgan fingerprint density at radius 3 is 2.57 bits per heavy atom. The first-order valence-corrected chi connectivity index (χ1v) is 9.80. The van der Waals surface area contributed by atoms with Crippen molar-refractivity contribution in [3.63, 3.8) is 0 Å². The summed E-state index contributed by atoms with van der Waals surface area (Å²) in [4.78, 5) is 0. The Morgan fingerprint density at radius 1 is 1.30 bits per heavy atom. The first-order valence-electron chi connectivity index (χ1n) is 8.30. The van der Waals surface area contributed by atoms with E-state index < -0.39 is 21.9 Å². The highest BCUT2D eigenvalue weighted by molar-refractivity contribution is 7.86. The molecule has 1 aliphatic rings. The van der Waals surface area contributed by atoms with Crippen LogP contribution in [0.25, 0.3) is 0 Å². The Kier molecular flexibility index (Phi) is 5.84. The molecule has 0 saturated carbocycles. The molecule has 0 saturated heterocycles. The Labute approximate surface area is 168 Å². The molecule has 2 aromatic rings. The minimum absolute atomic E-state index is 0.0423. The normalized spacial score (nSPS) is 15.3. The van der Waals surface area contributed by atoms with E-state index in [9.17, 15) is 26.8 Å². The number of hydrogen-bond donors (Lipinski definition) is 4. The molecule has 0 radical (unpaired) electrons. The van der Waals surface area contributed by atoms with Crippen LogP contribution in [0.5, 0.6) is 0 Å².